The third-order valence-corrected chi connectivity index (χ3v) is 4.01. The Labute approximate surface area is 150 Å². The summed E-state index contributed by atoms with van der Waals surface area (Å²) in [5.74, 6) is 2.98. The standard InChI is InChI=1S/C19H28N4O2/c1-6-13(2)21-18-11-14(3)22-19(23-18)20-10-9-15-7-8-16(24-4)17(12-15)25-5/h7-8,11-13H,6,9-10H2,1-5H3,(H2,20,21,22,23). The van der Waals surface area contributed by atoms with Crippen molar-refractivity contribution >= 4 is 11.8 Å². The van der Waals surface area contributed by atoms with E-state index in [1.807, 2.05) is 31.2 Å². The molecule has 25 heavy (non-hydrogen) atoms. The average Bonchev–Trinajstić information content (AvgIpc) is 2.61. The number of methoxy groups -OCH3 is 2. The van der Waals surface area contributed by atoms with Crippen LogP contribution in [0.5, 0.6) is 11.5 Å². The van der Waals surface area contributed by atoms with Crippen molar-refractivity contribution in [2.24, 2.45) is 0 Å². The topological polar surface area (TPSA) is 68.3 Å². The zero-order chi connectivity index (χ0) is 18.2. The maximum absolute atomic E-state index is 5.34. The molecule has 0 spiro atoms. The normalized spacial score (nSPS) is 11.7. The van der Waals surface area contributed by atoms with E-state index in [9.17, 15) is 0 Å². The molecule has 6 nitrogen and oxygen atoms in total. The summed E-state index contributed by atoms with van der Waals surface area (Å²) in [6.45, 7) is 7.00. The Morgan fingerprint density at radius 1 is 1.08 bits per heavy atom. The maximum Gasteiger partial charge on any atom is 0.224 e. The van der Waals surface area contributed by atoms with Gasteiger partial charge in [0.15, 0.2) is 11.5 Å². The zero-order valence-electron chi connectivity index (χ0n) is 15.7. The van der Waals surface area contributed by atoms with Gasteiger partial charge in [-0.15, -0.1) is 0 Å². The largest absolute Gasteiger partial charge is 0.493 e. The summed E-state index contributed by atoms with van der Waals surface area (Å²) in [5, 5.41) is 6.68. The molecule has 0 aliphatic heterocycles. The fraction of sp³-hybridized carbons (Fsp3) is 0.474. The number of benzene rings is 1. The van der Waals surface area contributed by atoms with E-state index in [1.165, 1.54) is 0 Å². The third kappa shape index (κ3) is 5.52. The second kappa shape index (κ2) is 9.11. The number of rotatable bonds is 9. The lowest BCUT2D eigenvalue weighted by Crippen LogP contribution is -2.16. The Morgan fingerprint density at radius 2 is 1.84 bits per heavy atom. The van der Waals surface area contributed by atoms with Gasteiger partial charge in [-0.05, 0) is 44.4 Å². The van der Waals surface area contributed by atoms with Gasteiger partial charge in [0.05, 0.1) is 14.2 Å². The second-order valence-electron chi connectivity index (χ2n) is 6.04. The molecule has 0 bridgehead atoms. The lowest BCUT2D eigenvalue weighted by Gasteiger charge is -2.14. The van der Waals surface area contributed by atoms with Crippen molar-refractivity contribution in [2.75, 3.05) is 31.4 Å². The highest BCUT2D eigenvalue weighted by Gasteiger charge is 2.06. The molecule has 136 valence electrons. The van der Waals surface area contributed by atoms with Crippen molar-refractivity contribution in [2.45, 2.75) is 39.7 Å². The smallest absolute Gasteiger partial charge is 0.224 e. The Kier molecular flexibility index (Phi) is 6.86. The van der Waals surface area contributed by atoms with Crippen LogP contribution in [0.2, 0.25) is 0 Å². The van der Waals surface area contributed by atoms with Gasteiger partial charge in [0, 0.05) is 24.3 Å². The number of hydrogen-bond acceptors (Lipinski definition) is 6. The number of aromatic nitrogens is 2. The molecule has 0 amide bonds. The molecule has 1 aromatic heterocycles. The van der Waals surface area contributed by atoms with Crippen LogP contribution < -0.4 is 20.1 Å². The van der Waals surface area contributed by atoms with E-state index >= 15 is 0 Å². The minimum absolute atomic E-state index is 0.383. The maximum atomic E-state index is 5.34. The fourth-order valence-corrected chi connectivity index (χ4v) is 2.43. The predicted octanol–water partition coefficient (Wildman–Crippen LogP) is 3.67. The monoisotopic (exact) mass is 344 g/mol. The first-order valence-corrected chi connectivity index (χ1v) is 8.62. The summed E-state index contributed by atoms with van der Waals surface area (Å²) < 4.78 is 10.6. The number of anilines is 2. The summed E-state index contributed by atoms with van der Waals surface area (Å²) >= 11 is 0. The Hall–Kier alpha value is -2.50. The summed E-state index contributed by atoms with van der Waals surface area (Å²) in [6, 6.07) is 8.30. The van der Waals surface area contributed by atoms with Crippen molar-refractivity contribution in [1.82, 2.24) is 9.97 Å². The van der Waals surface area contributed by atoms with Gasteiger partial charge >= 0.3 is 0 Å². The molecule has 1 aromatic carbocycles. The van der Waals surface area contributed by atoms with Crippen molar-refractivity contribution in [3.05, 3.63) is 35.5 Å². The van der Waals surface area contributed by atoms with E-state index < -0.39 is 0 Å². The lowest BCUT2D eigenvalue weighted by atomic mass is 10.1. The molecule has 0 radical (unpaired) electrons. The molecule has 0 saturated heterocycles. The SMILES string of the molecule is CCC(C)Nc1cc(C)nc(NCCc2ccc(OC)c(OC)c2)n1. The van der Waals surface area contributed by atoms with E-state index in [-0.39, 0.29) is 0 Å². The van der Waals surface area contributed by atoms with Gasteiger partial charge in [0.25, 0.3) is 0 Å². The van der Waals surface area contributed by atoms with Crippen LogP contribution in [-0.4, -0.2) is 36.8 Å². The minimum Gasteiger partial charge on any atom is -0.493 e. The van der Waals surface area contributed by atoms with Crippen LogP contribution in [0.1, 0.15) is 31.5 Å². The third-order valence-electron chi connectivity index (χ3n) is 4.01. The Morgan fingerprint density at radius 3 is 2.52 bits per heavy atom. The molecular weight excluding hydrogens is 316 g/mol. The quantitative estimate of drug-likeness (QED) is 0.723. The van der Waals surface area contributed by atoms with Gasteiger partial charge in [0.2, 0.25) is 5.95 Å². The first-order valence-electron chi connectivity index (χ1n) is 8.62. The van der Waals surface area contributed by atoms with E-state index in [4.69, 9.17) is 9.47 Å². The second-order valence-corrected chi connectivity index (χ2v) is 6.04. The molecule has 2 rings (SSSR count). The molecule has 0 aliphatic rings. The summed E-state index contributed by atoms with van der Waals surface area (Å²) in [6.07, 6.45) is 1.89. The minimum atomic E-state index is 0.383. The first kappa shape index (κ1) is 18.8. The van der Waals surface area contributed by atoms with Crippen LogP contribution in [0.3, 0.4) is 0 Å². The van der Waals surface area contributed by atoms with Gasteiger partial charge in [-0.3, -0.25) is 0 Å². The van der Waals surface area contributed by atoms with Crippen molar-refractivity contribution in [3.63, 3.8) is 0 Å². The summed E-state index contributed by atoms with van der Waals surface area (Å²) in [4.78, 5) is 8.99. The molecule has 0 fully saturated rings. The molecule has 1 heterocycles. The van der Waals surface area contributed by atoms with Crippen LogP contribution in [0, 0.1) is 6.92 Å². The molecule has 1 unspecified atom stereocenters. The van der Waals surface area contributed by atoms with E-state index in [0.717, 1.165) is 48.0 Å². The first-order chi connectivity index (χ1) is 12.0. The van der Waals surface area contributed by atoms with Crippen molar-refractivity contribution in [3.8, 4) is 11.5 Å². The highest BCUT2D eigenvalue weighted by Crippen LogP contribution is 2.27. The van der Waals surface area contributed by atoms with Gasteiger partial charge < -0.3 is 20.1 Å². The van der Waals surface area contributed by atoms with Crippen LogP contribution in [0.25, 0.3) is 0 Å². The summed E-state index contributed by atoms with van der Waals surface area (Å²) in [7, 11) is 3.28. The van der Waals surface area contributed by atoms with Gasteiger partial charge in [-0.2, -0.15) is 4.98 Å². The van der Waals surface area contributed by atoms with Crippen LogP contribution in [0.15, 0.2) is 24.3 Å². The number of ether oxygens (including phenoxy) is 2. The number of nitrogens with one attached hydrogen (secondary N) is 2. The van der Waals surface area contributed by atoms with E-state index in [0.29, 0.717) is 12.0 Å². The van der Waals surface area contributed by atoms with Crippen LogP contribution in [0.4, 0.5) is 11.8 Å². The summed E-state index contributed by atoms with van der Waals surface area (Å²) in [5.41, 5.74) is 2.10. The fourth-order valence-electron chi connectivity index (χ4n) is 2.43. The van der Waals surface area contributed by atoms with Crippen molar-refractivity contribution < 1.29 is 9.47 Å². The van der Waals surface area contributed by atoms with Crippen molar-refractivity contribution in [1.29, 1.82) is 0 Å². The number of aryl methyl sites for hydroxylation is 1. The highest BCUT2D eigenvalue weighted by atomic mass is 16.5. The van der Waals surface area contributed by atoms with E-state index in [2.05, 4.69) is 34.4 Å². The van der Waals surface area contributed by atoms with Crippen LogP contribution in [-0.2, 0) is 6.42 Å². The lowest BCUT2D eigenvalue weighted by molar-refractivity contribution is 0.354. The van der Waals surface area contributed by atoms with Gasteiger partial charge in [0.1, 0.15) is 5.82 Å². The molecule has 0 aliphatic carbocycles. The Bertz CT molecular complexity index is 691. The number of hydrogen-bond donors (Lipinski definition) is 2. The zero-order valence-corrected chi connectivity index (χ0v) is 15.7. The highest BCUT2D eigenvalue weighted by molar-refractivity contribution is 5.44. The van der Waals surface area contributed by atoms with Gasteiger partial charge in [-0.25, -0.2) is 4.98 Å². The Balaban J connectivity index is 1.97. The molecule has 2 N–H and O–H groups in total. The number of nitrogens with zero attached hydrogens (tertiary/aromatic N) is 2. The van der Waals surface area contributed by atoms with Gasteiger partial charge in [-0.1, -0.05) is 13.0 Å². The van der Waals surface area contributed by atoms with E-state index in [1.54, 1.807) is 14.2 Å². The molecule has 1 atom stereocenters. The predicted molar refractivity (Wildman–Crippen MR) is 102 cm³/mol. The molecule has 2 aromatic rings. The molecule has 0 saturated carbocycles. The van der Waals surface area contributed by atoms with Crippen LogP contribution >= 0.6 is 0 Å². The molecule has 6 heteroatoms. The average molecular weight is 344 g/mol. The molecular formula is C19H28N4O2.